The van der Waals surface area contributed by atoms with E-state index in [1.165, 1.54) is 0 Å². The maximum Gasteiger partial charge on any atom is 0.234 e. The smallest absolute Gasteiger partial charge is 0.234 e. The SMILES string of the molecule is Cc1cc(N)nc(CN2CCCNC(=O)C2)n1. The predicted octanol–water partition coefficient (Wildman–Crippen LogP) is -0.311. The minimum absolute atomic E-state index is 0.0584. The van der Waals surface area contributed by atoms with E-state index in [4.69, 9.17) is 5.73 Å². The number of nitrogens with one attached hydrogen (secondary N) is 1. The van der Waals surface area contributed by atoms with Crippen molar-refractivity contribution >= 4 is 11.7 Å². The van der Waals surface area contributed by atoms with Crippen LogP contribution in [0.1, 0.15) is 17.9 Å². The number of aryl methyl sites for hydroxylation is 1. The Kier molecular flexibility index (Phi) is 3.53. The quantitative estimate of drug-likeness (QED) is 0.734. The highest BCUT2D eigenvalue weighted by Crippen LogP contribution is 2.06. The number of hydrogen-bond donors (Lipinski definition) is 2. The summed E-state index contributed by atoms with van der Waals surface area (Å²) in [6.07, 6.45) is 0.951. The van der Waals surface area contributed by atoms with Crippen molar-refractivity contribution in [2.24, 2.45) is 0 Å². The van der Waals surface area contributed by atoms with Crippen LogP contribution in [0, 0.1) is 6.92 Å². The van der Waals surface area contributed by atoms with Crippen molar-refractivity contribution in [2.75, 3.05) is 25.4 Å². The number of anilines is 1. The molecule has 3 N–H and O–H groups in total. The maximum absolute atomic E-state index is 11.4. The molecule has 0 aromatic carbocycles. The molecule has 0 bridgehead atoms. The number of hydrogen-bond acceptors (Lipinski definition) is 5. The van der Waals surface area contributed by atoms with E-state index in [-0.39, 0.29) is 5.91 Å². The van der Waals surface area contributed by atoms with E-state index >= 15 is 0 Å². The van der Waals surface area contributed by atoms with E-state index in [0.717, 1.165) is 25.2 Å². The molecule has 0 radical (unpaired) electrons. The van der Waals surface area contributed by atoms with Crippen molar-refractivity contribution in [3.8, 4) is 0 Å². The summed E-state index contributed by atoms with van der Waals surface area (Å²) in [6, 6.07) is 1.73. The lowest BCUT2D eigenvalue weighted by atomic mass is 10.3. The van der Waals surface area contributed by atoms with Crippen LogP contribution in [-0.4, -0.2) is 40.4 Å². The number of carbonyl (C=O) groups is 1. The van der Waals surface area contributed by atoms with Gasteiger partial charge in [-0.3, -0.25) is 9.69 Å². The fourth-order valence-corrected chi connectivity index (χ4v) is 1.93. The Balaban J connectivity index is 2.06. The van der Waals surface area contributed by atoms with Gasteiger partial charge in [0.15, 0.2) is 0 Å². The van der Waals surface area contributed by atoms with Gasteiger partial charge in [-0.1, -0.05) is 0 Å². The van der Waals surface area contributed by atoms with Gasteiger partial charge in [0.05, 0.1) is 13.1 Å². The summed E-state index contributed by atoms with van der Waals surface area (Å²) in [5.74, 6) is 1.21. The van der Waals surface area contributed by atoms with E-state index < -0.39 is 0 Å². The number of carbonyl (C=O) groups excluding carboxylic acids is 1. The lowest BCUT2D eigenvalue weighted by Crippen LogP contribution is -2.33. The second kappa shape index (κ2) is 5.09. The molecule has 1 saturated heterocycles. The number of nitrogens with two attached hydrogens (primary N) is 1. The number of rotatable bonds is 2. The Hall–Kier alpha value is -1.69. The van der Waals surface area contributed by atoms with Crippen molar-refractivity contribution < 1.29 is 4.79 Å². The Morgan fingerprint density at radius 1 is 1.53 bits per heavy atom. The fourth-order valence-electron chi connectivity index (χ4n) is 1.93. The highest BCUT2D eigenvalue weighted by atomic mass is 16.2. The first-order valence-corrected chi connectivity index (χ1v) is 5.72. The summed E-state index contributed by atoms with van der Waals surface area (Å²) in [4.78, 5) is 21.9. The first-order chi connectivity index (χ1) is 8.13. The van der Waals surface area contributed by atoms with Crippen molar-refractivity contribution in [1.29, 1.82) is 0 Å². The molecule has 0 atom stereocenters. The van der Waals surface area contributed by atoms with E-state index in [1.807, 2.05) is 11.8 Å². The Labute approximate surface area is 100 Å². The van der Waals surface area contributed by atoms with Crippen molar-refractivity contribution in [3.63, 3.8) is 0 Å². The van der Waals surface area contributed by atoms with Crippen LogP contribution in [0.4, 0.5) is 5.82 Å². The van der Waals surface area contributed by atoms with Gasteiger partial charge in [0.1, 0.15) is 11.6 Å². The topological polar surface area (TPSA) is 84.1 Å². The molecular formula is C11H17N5O. The number of amides is 1. The molecule has 1 amide bonds. The predicted molar refractivity (Wildman–Crippen MR) is 64.1 cm³/mol. The third-order valence-electron chi connectivity index (χ3n) is 2.63. The standard InChI is InChI=1S/C11H17N5O/c1-8-5-9(12)15-10(14-8)6-16-4-2-3-13-11(17)7-16/h5H,2-4,6-7H2,1H3,(H,13,17)(H2,12,14,15). The number of aromatic nitrogens is 2. The van der Waals surface area contributed by atoms with Gasteiger partial charge in [0.25, 0.3) is 0 Å². The molecule has 0 saturated carbocycles. The molecule has 1 aliphatic heterocycles. The van der Waals surface area contributed by atoms with Crippen molar-refractivity contribution in [2.45, 2.75) is 19.9 Å². The van der Waals surface area contributed by atoms with Gasteiger partial charge in [-0.05, 0) is 13.3 Å². The third kappa shape index (κ3) is 3.39. The molecule has 6 heteroatoms. The van der Waals surface area contributed by atoms with E-state index in [9.17, 15) is 4.79 Å². The first-order valence-electron chi connectivity index (χ1n) is 5.72. The highest BCUT2D eigenvalue weighted by molar-refractivity contribution is 5.78. The summed E-state index contributed by atoms with van der Waals surface area (Å²) in [6.45, 7) is 4.47. The van der Waals surface area contributed by atoms with Crippen molar-refractivity contribution in [1.82, 2.24) is 20.2 Å². The molecule has 2 heterocycles. The maximum atomic E-state index is 11.4. The van der Waals surface area contributed by atoms with Crippen LogP contribution in [0.5, 0.6) is 0 Å². The van der Waals surface area contributed by atoms with Gasteiger partial charge in [-0.25, -0.2) is 9.97 Å². The van der Waals surface area contributed by atoms with Crippen LogP contribution >= 0.6 is 0 Å². The summed E-state index contributed by atoms with van der Waals surface area (Å²) < 4.78 is 0. The van der Waals surface area contributed by atoms with Gasteiger partial charge in [-0.2, -0.15) is 0 Å². The van der Waals surface area contributed by atoms with Crippen LogP contribution < -0.4 is 11.1 Å². The Morgan fingerprint density at radius 3 is 3.12 bits per heavy atom. The molecule has 92 valence electrons. The van der Waals surface area contributed by atoms with E-state index in [0.29, 0.717) is 24.7 Å². The largest absolute Gasteiger partial charge is 0.384 e. The third-order valence-corrected chi connectivity index (χ3v) is 2.63. The Morgan fingerprint density at radius 2 is 2.35 bits per heavy atom. The second-order valence-corrected chi connectivity index (χ2v) is 4.26. The molecular weight excluding hydrogens is 218 g/mol. The second-order valence-electron chi connectivity index (χ2n) is 4.26. The number of nitrogen functional groups attached to an aromatic ring is 1. The lowest BCUT2D eigenvalue weighted by Gasteiger charge is -2.17. The minimum atomic E-state index is 0.0584. The number of nitrogens with zero attached hydrogens (tertiary/aromatic N) is 3. The molecule has 1 fully saturated rings. The lowest BCUT2D eigenvalue weighted by molar-refractivity contribution is -0.121. The molecule has 1 aliphatic rings. The summed E-state index contributed by atoms with van der Waals surface area (Å²) in [7, 11) is 0. The molecule has 0 aliphatic carbocycles. The van der Waals surface area contributed by atoms with Crippen LogP contribution in [0.25, 0.3) is 0 Å². The van der Waals surface area contributed by atoms with Crippen molar-refractivity contribution in [3.05, 3.63) is 17.6 Å². The summed E-state index contributed by atoms with van der Waals surface area (Å²) >= 11 is 0. The van der Waals surface area contributed by atoms with Crippen LogP contribution in [0.2, 0.25) is 0 Å². The first kappa shape index (κ1) is 11.8. The van der Waals surface area contributed by atoms with Crippen LogP contribution in [0.15, 0.2) is 6.07 Å². The van der Waals surface area contributed by atoms with E-state index in [1.54, 1.807) is 6.07 Å². The normalized spacial score (nSPS) is 17.6. The zero-order valence-corrected chi connectivity index (χ0v) is 9.94. The molecule has 0 unspecified atom stereocenters. The average Bonchev–Trinajstić information content (AvgIpc) is 2.41. The molecule has 0 spiro atoms. The molecule has 2 rings (SSSR count). The van der Waals surface area contributed by atoms with Gasteiger partial charge >= 0.3 is 0 Å². The average molecular weight is 235 g/mol. The minimum Gasteiger partial charge on any atom is -0.384 e. The molecule has 1 aromatic heterocycles. The highest BCUT2D eigenvalue weighted by Gasteiger charge is 2.15. The molecule has 17 heavy (non-hydrogen) atoms. The van der Waals surface area contributed by atoms with Gasteiger partial charge in [0, 0.05) is 24.8 Å². The summed E-state index contributed by atoms with van der Waals surface area (Å²) in [5.41, 5.74) is 6.53. The Bertz CT molecular complexity index is 400. The van der Waals surface area contributed by atoms with E-state index in [2.05, 4.69) is 15.3 Å². The zero-order chi connectivity index (χ0) is 12.3. The summed E-state index contributed by atoms with van der Waals surface area (Å²) in [5, 5.41) is 2.84. The van der Waals surface area contributed by atoms with Gasteiger partial charge in [-0.15, -0.1) is 0 Å². The fraction of sp³-hybridized carbons (Fsp3) is 0.545. The molecule has 6 nitrogen and oxygen atoms in total. The zero-order valence-electron chi connectivity index (χ0n) is 9.94. The molecule has 1 aromatic rings. The van der Waals surface area contributed by atoms with Gasteiger partial charge in [0.2, 0.25) is 5.91 Å². The van der Waals surface area contributed by atoms with Gasteiger partial charge < -0.3 is 11.1 Å². The van der Waals surface area contributed by atoms with Crippen LogP contribution in [0.3, 0.4) is 0 Å². The monoisotopic (exact) mass is 235 g/mol. The van der Waals surface area contributed by atoms with Crippen LogP contribution in [-0.2, 0) is 11.3 Å².